The fraction of sp³-hybridized carbons (Fsp3) is 0.174. The maximum absolute atomic E-state index is 5.59. The quantitative estimate of drug-likeness (QED) is 0.119. The maximum Gasteiger partial charge on any atom is 0.00777 e. The predicted octanol–water partition coefficient (Wildman–Crippen LogP) is -6.05. The van der Waals surface area contributed by atoms with Crippen molar-refractivity contribution in [3.8, 4) is 0 Å². The summed E-state index contributed by atoms with van der Waals surface area (Å²) in [6.45, 7) is 0. The minimum Gasteiger partial charge on any atom is -0.130 e. The summed E-state index contributed by atoms with van der Waals surface area (Å²) < 4.78 is 0. The third kappa shape index (κ3) is 25.6. The van der Waals surface area contributed by atoms with Crippen LogP contribution >= 0.6 is 50.7 Å². The van der Waals surface area contributed by atoms with E-state index in [1.807, 2.05) is 5.30 Å². The monoisotopic (exact) mass is 884 g/mol. The normalized spacial score (nSPS) is 13.4. The second-order valence-corrected chi connectivity index (χ2v) is 23.7. The zero-order valence-electron chi connectivity index (χ0n) is 37.1. The number of benzene rings is 2. The highest BCUT2D eigenvalue weighted by Crippen LogP contribution is 2.41. The van der Waals surface area contributed by atoms with E-state index in [0.717, 1.165) is 31.8 Å². The third-order valence-electron chi connectivity index (χ3n) is 10.2. The van der Waals surface area contributed by atoms with Crippen molar-refractivity contribution in [3.63, 3.8) is 0 Å². The Morgan fingerprint density at radius 1 is 0.554 bits per heavy atom. The van der Waals surface area contributed by atoms with Crippen molar-refractivity contribution in [2.75, 3.05) is 5.90 Å². The average molecular weight is 878 g/mol. The van der Waals surface area contributed by atoms with Crippen LogP contribution in [0, 0.1) is 0 Å². The summed E-state index contributed by atoms with van der Waals surface area (Å²) in [5.74, 6) is 6.04. The van der Waals surface area contributed by atoms with Crippen LogP contribution in [0.1, 0.15) is 22.0 Å². The van der Waals surface area contributed by atoms with E-state index in [1.54, 1.807) is 13.2 Å². The zero-order valence-corrected chi connectivity index (χ0v) is 43.0. The van der Waals surface area contributed by atoms with Crippen LogP contribution < -0.4 is 10.3 Å². The average Bonchev–Trinajstić information content (AvgIpc) is 3.75. The molecule has 65 heavy (non-hydrogen) atoms. The van der Waals surface area contributed by atoms with Gasteiger partial charge in [0, 0.05) is 263 Å². The molecule has 3 aliphatic heterocycles. The molecule has 0 saturated heterocycles. The molecule has 4 heterocycles. The first-order chi connectivity index (χ1) is 30.7. The number of rotatable bonds is 13. The molecular formula is C23H26B36P6. The van der Waals surface area contributed by atoms with Gasteiger partial charge in [0.15, 0.2) is 0 Å². The Kier molecular flexibility index (Phi) is 37.1. The first kappa shape index (κ1) is 65.2. The Labute approximate surface area is 440 Å². The molecule has 0 amide bonds. The van der Waals surface area contributed by atoms with Crippen molar-refractivity contribution in [1.82, 2.24) is 0 Å². The van der Waals surface area contributed by atoms with Gasteiger partial charge in [-0.25, -0.2) is 0 Å². The largest absolute Gasteiger partial charge is 0.130 e. The van der Waals surface area contributed by atoms with Gasteiger partial charge in [-0.1, -0.05) is 106 Å². The van der Waals surface area contributed by atoms with Crippen molar-refractivity contribution >= 4 is 325 Å². The van der Waals surface area contributed by atoms with Crippen LogP contribution in [0.3, 0.4) is 0 Å². The Morgan fingerprint density at radius 3 is 1.54 bits per heavy atom. The summed E-state index contributed by atoms with van der Waals surface area (Å²) in [5, 5.41) is 5.14. The van der Waals surface area contributed by atoms with Gasteiger partial charge in [-0.15, -0.1) is 16.8 Å². The first-order valence-electron chi connectivity index (χ1n) is 20.8. The minimum atomic E-state index is -0.723. The molecule has 0 saturated carbocycles. The third-order valence-corrected chi connectivity index (χ3v) is 19.3. The molecule has 1 aromatic heterocycles. The van der Waals surface area contributed by atoms with E-state index in [1.165, 1.54) is 71.5 Å². The van der Waals surface area contributed by atoms with E-state index in [-0.39, 0.29) is 12.8 Å². The molecule has 0 bridgehead atoms. The van der Waals surface area contributed by atoms with Crippen molar-refractivity contribution in [2.24, 2.45) is 0 Å². The SMILES string of the molecule is C1=CPc2ccccc2C1.C1=Cc2ccccc2CP1.[B]B([B])B([B])B(B([B])[B])B([B])[B].[B][B]B(B([B])[B])B(B([B])[B])B([B])[B].[B][B]B([B])B(B([B])[B])B([B])[B].c1pc2c([pH]1)CPCP2. The molecule has 0 N–H and O–H groups in total. The fourth-order valence-electron chi connectivity index (χ4n) is 6.50. The summed E-state index contributed by atoms with van der Waals surface area (Å²) in [4.78, 5) is 0. The van der Waals surface area contributed by atoms with E-state index in [4.69, 9.17) is 155 Å². The number of fused-ring (bicyclic) bond motifs is 3. The summed E-state index contributed by atoms with van der Waals surface area (Å²) in [6.07, 6.45) is 0.0454. The molecule has 0 fully saturated rings. The minimum absolute atomic E-state index is 0.389. The number of allylic oxidation sites excluding steroid dienone is 1. The lowest BCUT2D eigenvalue weighted by Gasteiger charge is -2.31. The molecule has 3 aromatic rings. The van der Waals surface area contributed by atoms with Crippen molar-refractivity contribution < 1.29 is 0 Å². The van der Waals surface area contributed by atoms with Crippen molar-refractivity contribution in [1.29, 1.82) is 0 Å². The lowest BCUT2D eigenvalue weighted by atomic mass is 8.50. The Hall–Kier alpha value is 2.19. The van der Waals surface area contributed by atoms with Crippen LogP contribution in [0.4, 0.5) is 0 Å². The van der Waals surface area contributed by atoms with Crippen LogP contribution in [-0.4, -0.2) is 264 Å². The zero-order chi connectivity index (χ0) is 49.2. The van der Waals surface area contributed by atoms with Crippen molar-refractivity contribution in [3.05, 3.63) is 93.8 Å². The molecule has 0 nitrogen and oxygen atoms in total. The van der Waals surface area contributed by atoms with Gasteiger partial charge < -0.3 is 0 Å². The molecule has 42 heteroatoms. The molecule has 0 aliphatic carbocycles. The molecule has 5 atom stereocenters. The van der Waals surface area contributed by atoms with Crippen LogP contribution in [0.15, 0.2) is 71.8 Å². The Balaban J connectivity index is 0.000000391. The Bertz CT molecular complexity index is 1680. The van der Waals surface area contributed by atoms with Gasteiger partial charge in [0.25, 0.3) is 0 Å². The van der Waals surface area contributed by atoms with Gasteiger partial charge in [0.05, 0.1) is 0 Å². The van der Waals surface area contributed by atoms with Crippen LogP contribution in [0.25, 0.3) is 6.08 Å². The van der Waals surface area contributed by atoms with Gasteiger partial charge in [0.1, 0.15) is 0 Å². The molecule has 0 spiro atoms. The molecule has 256 valence electrons. The number of hydrogen-bond donors (Lipinski definition) is 0. The van der Waals surface area contributed by atoms with E-state index in [9.17, 15) is 0 Å². The lowest BCUT2D eigenvalue weighted by molar-refractivity contribution is 1.29. The maximum atomic E-state index is 5.59. The van der Waals surface area contributed by atoms with Gasteiger partial charge in [-0.2, -0.15) is 0 Å². The van der Waals surface area contributed by atoms with E-state index in [0.29, 0.717) is 0 Å². The number of hydrogen-bond acceptors (Lipinski definition) is 0. The topological polar surface area (TPSA) is 0 Å². The Morgan fingerprint density at radius 2 is 1.11 bits per heavy atom. The van der Waals surface area contributed by atoms with Gasteiger partial charge >= 0.3 is 0 Å². The molecule has 6 rings (SSSR count). The van der Waals surface area contributed by atoms with Crippen LogP contribution in [0.5, 0.6) is 0 Å². The van der Waals surface area contributed by atoms with Gasteiger partial charge in [0.2, 0.25) is 0 Å². The van der Waals surface area contributed by atoms with Crippen LogP contribution in [0.2, 0.25) is 0 Å². The summed E-state index contributed by atoms with van der Waals surface area (Å²) >= 11 is 0. The second-order valence-electron chi connectivity index (χ2n) is 15.3. The van der Waals surface area contributed by atoms with Crippen molar-refractivity contribution in [2.45, 2.75) is 18.7 Å². The summed E-state index contributed by atoms with van der Waals surface area (Å²) in [6, 6.07) is 17.3. The summed E-state index contributed by atoms with van der Waals surface area (Å²) in [7, 11) is 118. The highest BCUT2D eigenvalue weighted by molar-refractivity contribution is 8.08. The predicted molar refractivity (Wildman–Crippen MR) is 355 cm³/mol. The fourth-order valence-corrected chi connectivity index (χ4v) is 16.2. The highest BCUT2D eigenvalue weighted by atomic mass is 31.1. The van der Waals surface area contributed by atoms with E-state index >= 15 is 0 Å². The van der Waals surface area contributed by atoms with E-state index in [2.05, 4.69) is 77.8 Å². The standard InChI is InChI=1S/2C9H9P.C5H8P4.B13.B12.B11/c1-2-6-9-8(4-1)5-3-7-10-9;1-2-4-9-7-10-6-5-8(9)3-1;1-4-5(8-2-6-1)9-3-7-4;1-8-12(9(2)3)13(10(4)5)11(6)7;1-8(2)11(7)12(9(3)4)10(5)6;1-7-10(6)11(8(2)3)9(4)5/h1-4,6-7,10H,5H2;1-6,10H,7H2;3,6-8H,1-2H2;;;. The molecule has 42 radical (unpaired) electrons. The van der Waals surface area contributed by atoms with Gasteiger partial charge in [-0.3, -0.25) is 0 Å². The molecule has 3 aliphatic rings. The molecule has 5 unspecified atom stereocenters. The summed E-state index contributed by atoms with van der Waals surface area (Å²) in [5.41, 5.74) is 6.85. The van der Waals surface area contributed by atoms with E-state index < -0.39 is 76.6 Å². The first-order valence-corrected chi connectivity index (χ1v) is 27.9. The molecular weight excluding hydrogens is 851 g/mol. The highest BCUT2D eigenvalue weighted by Gasteiger charge is 2.32. The molecule has 2 aromatic carbocycles. The second kappa shape index (κ2) is 37.0. The lowest BCUT2D eigenvalue weighted by Crippen LogP contribution is -2.69. The van der Waals surface area contributed by atoms with Crippen LogP contribution in [-0.2, 0) is 18.7 Å². The van der Waals surface area contributed by atoms with Gasteiger partial charge in [-0.05, 0) is 57.5 Å². The smallest absolute Gasteiger partial charge is 0.00777 e.